The van der Waals surface area contributed by atoms with Crippen LogP contribution in [0, 0.1) is 0 Å². The Kier molecular flexibility index (Phi) is 2.69. The molecule has 2 unspecified atom stereocenters. The molecule has 0 amide bonds. The van der Waals surface area contributed by atoms with Gasteiger partial charge in [-0.1, -0.05) is 12.1 Å². The molecule has 2 aromatic rings. The topological polar surface area (TPSA) is 44.0 Å². The minimum Gasteiger partial charge on any atom is -0.380 e. The first-order valence-corrected chi connectivity index (χ1v) is 7.33. The second-order valence-electron chi connectivity index (χ2n) is 5.84. The first-order valence-electron chi connectivity index (χ1n) is 7.33. The fraction of sp³-hybridized carbons (Fsp3) is 0.533. The SMILES string of the molecule is c1cc(NC2CCN3CCCC3C2)c2[nH]ncc2c1. The Labute approximate surface area is 113 Å². The van der Waals surface area contributed by atoms with Gasteiger partial charge in [-0.25, -0.2) is 0 Å². The van der Waals surface area contributed by atoms with Gasteiger partial charge in [-0.15, -0.1) is 0 Å². The van der Waals surface area contributed by atoms with E-state index in [-0.39, 0.29) is 0 Å². The lowest BCUT2D eigenvalue weighted by molar-refractivity contribution is 0.188. The van der Waals surface area contributed by atoms with Gasteiger partial charge in [0.15, 0.2) is 0 Å². The van der Waals surface area contributed by atoms with Crippen molar-refractivity contribution in [3.8, 4) is 0 Å². The molecular weight excluding hydrogens is 236 g/mol. The third kappa shape index (κ3) is 2.00. The summed E-state index contributed by atoms with van der Waals surface area (Å²) in [4.78, 5) is 2.66. The van der Waals surface area contributed by atoms with Crippen LogP contribution in [0.2, 0.25) is 0 Å². The summed E-state index contributed by atoms with van der Waals surface area (Å²) in [5, 5.41) is 12.1. The first-order chi connectivity index (χ1) is 9.40. The molecule has 1 aromatic heterocycles. The zero-order valence-electron chi connectivity index (χ0n) is 11.1. The van der Waals surface area contributed by atoms with Crippen LogP contribution in [0.5, 0.6) is 0 Å². The van der Waals surface area contributed by atoms with Crippen molar-refractivity contribution in [1.82, 2.24) is 15.1 Å². The second-order valence-corrected chi connectivity index (χ2v) is 5.84. The van der Waals surface area contributed by atoms with Crippen LogP contribution in [0.1, 0.15) is 25.7 Å². The normalized spacial score (nSPS) is 27.6. The van der Waals surface area contributed by atoms with Crippen molar-refractivity contribution in [2.24, 2.45) is 0 Å². The lowest BCUT2D eigenvalue weighted by atomic mass is 9.97. The van der Waals surface area contributed by atoms with Crippen LogP contribution < -0.4 is 5.32 Å². The van der Waals surface area contributed by atoms with E-state index >= 15 is 0 Å². The van der Waals surface area contributed by atoms with Gasteiger partial charge in [0.2, 0.25) is 0 Å². The standard InChI is InChI=1S/C15H20N4/c1-3-11-10-16-18-15(11)14(5-1)17-12-6-8-19-7-2-4-13(19)9-12/h1,3,5,10,12-13,17H,2,4,6-9H2,(H,16,18). The van der Waals surface area contributed by atoms with E-state index in [1.54, 1.807) is 0 Å². The Morgan fingerprint density at radius 1 is 1.26 bits per heavy atom. The predicted molar refractivity (Wildman–Crippen MR) is 77.3 cm³/mol. The number of nitrogens with zero attached hydrogens (tertiary/aromatic N) is 2. The minimum absolute atomic E-state index is 0.605. The van der Waals surface area contributed by atoms with Crippen LogP contribution >= 0.6 is 0 Å². The Morgan fingerprint density at radius 3 is 3.26 bits per heavy atom. The van der Waals surface area contributed by atoms with Crippen molar-refractivity contribution < 1.29 is 0 Å². The van der Waals surface area contributed by atoms with Crippen LogP contribution in [-0.4, -0.2) is 40.3 Å². The third-order valence-electron chi connectivity index (χ3n) is 4.66. The summed E-state index contributed by atoms with van der Waals surface area (Å²) in [6.45, 7) is 2.56. The Balaban J connectivity index is 1.53. The molecule has 4 rings (SSSR count). The number of benzene rings is 1. The molecule has 100 valence electrons. The van der Waals surface area contributed by atoms with Gasteiger partial charge in [0, 0.05) is 24.0 Å². The van der Waals surface area contributed by atoms with Crippen LogP contribution in [0.4, 0.5) is 5.69 Å². The third-order valence-corrected chi connectivity index (χ3v) is 4.66. The maximum absolute atomic E-state index is 4.13. The van der Waals surface area contributed by atoms with Gasteiger partial charge in [0.1, 0.15) is 0 Å². The number of anilines is 1. The van der Waals surface area contributed by atoms with Crippen molar-refractivity contribution in [2.75, 3.05) is 18.4 Å². The van der Waals surface area contributed by atoms with Gasteiger partial charge >= 0.3 is 0 Å². The second kappa shape index (κ2) is 4.53. The molecule has 0 radical (unpaired) electrons. The molecule has 2 aliphatic rings. The van der Waals surface area contributed by atoms with Crippen LogP contribution in [0.25, 0.3) is 10.9 Å². The molecule has 0 saturated carbocycles. The van der Waals surface area contributed by atoms with E-state index in [0.29, 0.717) is 6.04 Å². The van der Waals surface area contributed by atoms with Gasteiger partial charge in [-0.05, 0) is 38.3 Å². The maximum Gasteiger partial charge on any atom is 0.0881 e. The van der Waals surface area contributed by atoms with E-state index in [0.717, 1.165) is 11.6 Å². The zero-order valence-corrected chi connectivity index (χ0v) is 11.1. The van der Waals surface area contributed by atoms with E-state index in [1.165, 1.54) is 49.8 Å². The predicted octanol–water partition coefficient (Wildman–Crippen LogP) is 2.60. The number of aromatic amines is 1. The summed E-state index contributed by atoms with van der Waals surface area (Å²) in [5.41, 5.74) is 2.34. The van der Waals surface area contributed by atoms with Crippen molar-refractivity contribution in [1.29, 1.82) is 0 Å². The highest BCUT2D eigenvalue weighted by Gasteiger charge is 2.31. The van der Waals surface area contributed by atoms with Crippen molar-refractivity contribution in [3.05, 3.63) is 24.4 Å². The highest BCUT2D eigenvalue weighted by molar-refractivity contribution is 5.90. The molecule has 2 N–H and O–H groups in total. The maximum atomic E-state index is 4.13. The largest absolute Gasteiger partial charge is 0.380 e. The van der Waals surface area contributed by atoms with Crippen molar-refractivity contribution in [3.63, 3.8) is 0 Å². The number of fused-ring (bicyclic) bond motifs is 2. The molecule has 0 aliphatic carbocycles. The Hall–Kier alpha value is -1.55. The van der Waals surface area contributed by atoms with Crippen LogP contribution in [0.3, 0.4) is 0 Å². The van der Waals surface area contributed by atoms with Gasteiger partial charge in [0.25, 0.3) is 0 Å². The van der Waals surface area contributed by atoms with E-state index in [2.05, 4.69) is 38.6 Å². The summed E-state index contributed by atoms with van der Waals surface area (Å²) in [6.07, 6.45) is 7.19. The number of piperidine rings is 1. The molecule has 2 atom stereocenters. The van der Waals surface area contributed by atoms with E-state index < -0.39 is 0 Å². The fourth-order valence-electron chi connectivity index (χ4n) is 3.66. The summed E-state index contributed by atoms with van der Waals surface area (Å²) in [6, 6.07) is 7.77. The molecule has 3 heterocycles. The van der Waals surface area contributed by atoms with E-state index in [4.69, 9.17) is 0 Å². The number of hydrogen-bond acceptors (Lipinski definition) is 3. The number of rotatable bonds is 2. The highest BCUT2D eigenvalue weighted by Crippen LogP contribution is 2.30. The average Bonchev–Trinajstić information content (AvgIpc) is 3.06. The lowest BCUT2D eigenvalue weighted by Crippen LogP contribution is -2.42. The highest BCUT2D eigenvalue weighted by atomic mass is 15.2. The van der Waals surface area contributed by atoms with Crippen molar-refractivity contribution in [2.45, 2.75) is 37.8 Å². The summed E-state index contributed by atoms with van der Waals surface area (Å²) in [7, 11) is 0. The molecule has 4 nitrogen and oxygen atoms in total. The van der Waals surface area contributed by atoms with Gasteiger partial charge in [0.05, 0.1) is 17.4 Å². The van der Waals surface area contributed by atoms with Crippen LogP contribution in [0.15, 0.2) is 24.4 Å². The number of aromatic nitrogens is 2. The summed E-state index contributed by atoms with van der Waals surface area (Å²) >= 11 is 0. The minimum atomic E-state index is 0.605. The van der Waals surface area contributed by atoms with E-state index in [9.17, 15) is 0 Å². The van der Waals surface area contributed by atoms with Gasteiger partial charge < -0.3 is 10.2 Å². The number of para-hydroxylation sites is 1. The average molecular weight is 256 g/mol. The molecule has 19 heavy (non-hydrogen) atoms. The molecule has 2 aliphatic heterocycles. The smallest absolute Gasteiger partial charge is 0.0881 e. The zero-order chi connectivity index (χ0) is 12.7. The number of nitrogens with one attached hydrogen (secondary N) is 2. The Morgan fingerprint density at radius 2 is 2.26 bits per heavy atom. The number of hydrogen-bond donors (Lipinski definition) is 2. The summed E-state index contributed by atoms with van der Waals surface area (Å²) in [5.74, 6) is 0. The van der Waals surface area contributed by atoms with E-state index in [1.807, 2.05) is 6.20 Å². The molecule has 0 bridgehead atoms. The molecule has 0 spiro atoms. The molecular formula is C15H20N4. The molecule has 1 aromatic carbocycles. The fourth-order valence-corrected chi connectivity index (χ4v) is 3.66. The van der Waals surface area contributed by atoms with Gasteiger partial charge in [-0.3, -0.25) is 5.10 Å². The van der Waals surface area contributed by atoms with Crippen LogP contribution in [-0.2, 0) is 0 Å². The summed E-state index contributed by atoms with van der Waals surface area (Å²) < 4.78 is 0. The lowest BCUT2D eigenvalue weighted by Gasteiger charge is -2.35. The quantitative estimate of drug-likeness (QED) is 0.868. The molecule has 2 saturated heterocycles. The number of H-pyrrole nitrogens is 1. The molecule has 2 fully saturated rings. The first kappa shape index (κ1) is 11.3. The van der Waals surface area contributed by atoms with Crippen molar-refractivity contribution >= 4 is 16.6 Å². The monoisotopic (exact) mass is 256 g/mol. The Bertz CT molecular complexity index is 576. The van der Waals surface area contributed by atoms with Gasteiger partial charge in [-0.2, -0.15) is 5.10 Å². The molecule has 4 heteroatoms.